The number of benzene rings is 1. The second-order valence-corrected chi connectivity index (χ2v) is 8.07. The molecule has 4 heterocycles. The number of nitrogens with zero attached hydrogens (tertiary/aromatic N) is 6. The highest BCUT2D eigenvalue weighted by molar-refractivity contribution is 5.89. The fourth-order valence-electron chi connectivity index (χ4n) is 3.92. The third-order valence-corrected chi connectivity index (χ3v) is 5.66. The molecule has 1 saturated heterocycles. The standard InChI is InChI=1S/C25H27N7O/c1-19-5-4-6-20(17-19)18-27-30-23-22-9-12-31(11-8-21-7-2-3-10-26-21)24(22)29-25(28-23)32-13-15-33-16-14-32/h2-7,9-10,12,17-18H,8,11,13-16H2,1H3,(H,28,29,30). The molecular formula is C25H27N7O. The number of aryl methyl sites for hydroxylation is 3. The summed E-state index contributed by atoms with van der Waals surface area (Å²) < 4.78 is 7.67. The lowest BCUT2D eigenvalue weighted by molar-refractivity contribution is 0.122. The molecule has 1 fully saturated rings. The highest BCUT2D eigenvalue weighted by Crippen LogP contribution is 2.25. The molecule has 0 radical (unpaired) electrons. The van der Waals surface area contributed by atoms with Crippen LogP contribution in [0.1, 0.15) is 16.8 Å². The molecule has 0 unspecified atom stereocenters. The number of aromatic nitrogens is 4. The molecule has 1 aromatic carbocycles. The molecule has 1 aliphatic rings. The van der Waals surface area contributed by atoms with Crippen LogP contribution < -0.4 is 10.3 Å². The van der Waals surface area contributed by atoms with Crippen molar-refractivity contribution < 1.29 is 4.74 Å². The van der Waals surface area contributed by atoms with Crippen LogP contribution in [-0.4, -0.2) is 52.0 Å². The van der Waals surface area contributed by atoms with Gasteiger partial charge in [-0.05, 0) is 30.7 Å². The molecule has 3 aromatic heterocycles. The van der Waals surface area contributed by atoms with E-state index in [1.165, 1.54) is 5.56 Å². The van der Waals surface area contributed by atoms with Gasteiger partial charge in [0.25, 0.3) is 0 Å². The van der Waals surface area contributed by atoms with Crippen LogP contribution in [0.5, 0.6) is 0 Å². The van der Waals surface area contributed by atoms with Gasteiger partial charge in [-0.15, -0.1) is 0 Å². The smallest absolute Gasteiger partial charge is 0.229 e. The fourth-order valence-corrected chi connectivity index (χ4v) is 3.92. The van der Waals surface area contributed by atoms with E-state index in [-0.39, 0.29) is 0 Å². The molecule has 8 nitrogen and oxygen atoms in total. The van der Waals surface area contributed by atoms with Gasteiger partial charge in [0.2, 0.25) is 5.95 Å². The lowest BCUT2D eigenvalue weighted by Crippen LogP contribution is -2.37. The molecule has 33 heavy (non-hydrogen) atoms. The van der Waals surface area contributed by atoms with Gasteiger partial charge < -0.3 is 14.2 Å². The van der Waals surface area contributed by atoms with Crippen LogP contribution in [0.2, 0.25) is 0 Å². The van der Waals surface area contributed by atoms with Crippen LogP contribution in [0.25, 0.3) is 11.0 Å². The number of pyridine rings is 1. The first-order valence-electron chi connectivity index (χ1n) is 11.2. The largest absolute Gasteiger partial charge is 0.378 e. The van der Waals surface area contributed by atoms with Crippen LogP contribution in [-0.2, 0) is 17.7 Å². The molecule has 0 aliphatic carbocycles. The Morgan fingerprint density at radius 1 is 1.09 bits per heavy atom. The van der Waals surface area contributed by atoms with E-state index in [4.69, 9.17) is 14.7 Å². The Morgan fingerprint density at radius 3 is 2.82 bits per heavy atom. The van der Waals surface area contributed by atoms with E-state index in [1.54, 1.807) is 0 Å². The van der Waals surface area contributed by atoms with Crippen molar-refractivity contribution in [1.82, 2.24) is 19.5 Å². The molecule has 0 bridgehead atoms. The summed E-state index contributed by atoms with van der Waals surface area (Å²) >= 11 is 0. The number of hydrogen-bond acceptors (Lipinski definition) is 7. The minimum Gasteiger partial charge on any atom is -0.378 e. The minimum absolute atomic E-state index is 0.677. The molecular weight excluding hydrogens is 414 g/mol. The summed E-state index contributed by atoms with van der Waals surface area (Å²) in [5, 5.41) is 5.40. The molecule has 0 amide bonds. The highest BCUT2D eigenvalue weighted by atomic mass is 16.5. The Balaban J connectivity index is 1.45. The lowest BCUT2D eigenvalue weighted by Gasteiger charge is -2.27. The van der Waals surface area contributed by atoms with Gasteiger partial charge in [-0.25, -0.2) is 0 Å². The van der Waals surface area contributed by atoms with E-state index in [0.29, 0.717) is 25.0 Å². The third kappa shape index (κ3) is 5.01. The zero-order chi connectivity index (χ0) is 22.5. The van der Waals surface area contributed by atoms with Crippen molar-refractivity contribution in [2.45, 2.75) is 19.9 Å². The molecule has 0 saturated carbocycles. The van der Waals surface area contributed by atoms with Gasteiger partial charge in [0.05, 0.1) is 24.8 Å². The second kappa shape index (κ2) is 9.79. The maximum absolute atomic E-state index is 5.51. The summed E-state index contributed by atoms with van der Waals surface area (Å²) in [4.78, 5) is 16.3. The SMILES string of the molecule is Cc1cccc(C=NNc2nc(N3CCOCC3)nc3c2ccn3CCc2ccccn2)c1. The quantitative estimate of drug-likeness (QED) is 0.348. The Bertz CT molecular complexity index is 1250. The van der Waals surface area contributed by atoms with Gasteiger partial charge in [0, 0.05) is 44.1 Å². The van der Waals surface area contributed by atoms with Crippen molar-refractivity contribution in [1.29, 1.82) is 0 Å². The third-order valence-electron chi connectivity index (χ3n) is 5.66. The van der Waals surface area contributed by atoms with Crippen molar-refractivity contribution in [2.75, 3.05) is 36.6 Å². The maximum Gasteiger partial charge on any atom is 0.229 e. The first-order valence-corrected chi connectivity index (χ1v) is 11.2. The average molecular weight is 442 g/mol. The molecule has 4 aromatic rings. The summed E-state index contributed by atoms with van der Waals surface area (Å²) in [6, 6.07) is 16.3. The Hall–Kier alpha value is -3.78. The van der Waals surface area contributed by atoms with Crippen molar-refractivity contribution in [2.24, 2.45) is 5.10 Å². The number of anilines is 2. The Labute approximate surface area is 193 Å². The summed E-state index contributed by atoms with van der Waals surface area (Å²) in [6.07, 6.45) is 6.53. The van der Waals surface area contributed by atoms with E-state index < -0.39 is 0 Å². The predicted octanol–water partition coefficient (Wildman–Crippen LogP) is 3.66. The van der Waals surface area contributed by atoms with Gasteiger partial charge in [0.1, 0.15) is 5.65 Å². The molecule has 0 atom stereocenters. The molecule has 5 rings (SSSR count). The van der Waals surface area contributed by atoms with E-state index in [2.05, 4.69) is 50.2 Å². The monoisotopic (exact) mass is 441 g/mol. The van der Waals surface area contributed by atoms with Crippen LogP contribution in [0.3, 0.4) is 0 Å². The van der Waals surface area contributed by atoms with Crippen molar-refractivity contribution in [3.05, 3.63) is 77.7 Å². The summed E-state index contributed by atoms with van der Waals surface area (Å²) in [5.41, 5.74) is 7.33. The van der Waals surface area contributed by atoms with Crippen molar-refractivity contribution >= 4 is 29.0 Å². The Kier molecular flexibility index (Phi) is 6.25. The molecule has 168 valence electrons. The normalized spacial score (nSPS) is 14.3. The maximum atomic E-state index is 5.51. The van der Waals surface area contributed by atoms with Gasteiger partial charge in [-0.2, -0.15) is 15.1 Å². The summed E-state index contributed by atoms with van der Waals surface area (Å²) in [6.45, 7) is 5.75. The van der Waals surface area contributed by atoms with Crippen molar-refractivity contribution in [3.63, 3.8) is 0 Å². The van der Waals surface area contributed by atoms with E-state index in [9.17, 15) is 0 Å². The van der Waals surface area contributed by atoms with E-state index in [1.807, 2.05) is 48.8 Å². The molecule has 1 N–H and O–H groups in total. The topological polar surface area (TPSA) is 80.5 Å². The Morgan fingerprint density at radius 2 is 2.00 bits per heavy atom. The number of hydrogen-bond donors (Lipinski definition) is 1. The number of fused-ring (bicyclic) bond motifs is 1. The van der Waals surface area contributed by atoms with Crippen LogP contribution >= 0.6 is 0 Å². The molecule has 0 spiro atoms. The predicted molar refractivity (Wildman–Crippen MR) is 131 cm³/mol. The summed E-state index contributed by atoms with van der Waals surface area (Å²) in [5.74, 6) is 1.39. The number of rotatable bonds is 7. The summed E-state index contributed by atoms with van der Waals surface area (Å²) in [7, 11) is 0. The average Bonchev–Trinajstić information content (AvgIpc) is 3.27. The number of hydrazone groups is 1. The first-order chi connectivity index (χ1) is 16.3. The van der Waals surface area contributed by atoms with Gasteiger partial charge >= 0.3 is 0 Å². The minimum atomic E-state index is 0.677. The zero-order valence-electron chi connectivity index (χ0n) is 18.7. The first kappa shape index (κ1) is 21.1. The van der Waals surface area contributed by atoms with Gasteiger partial charge in [0.15, 0.2) is 5.82 Å². The fraction of sp³-hybridized carbons (Fsp3) is 0.280. The van der Waals surface area contributed by atoms with Gasteiger partial charge in [-0.1, -0.05) is 35.9 Å². The second-order valence-electron chi connectivity index (χ2n) is 8.07. The molecule has 1 aliphatic heterocycles. The number of ether oxygens (including phenoxy) is 1. The van der Waals surface area contributed by atoms with Crippen LogP contribution in [0.15, 0.2) is 66.0 Å². The lowest BCUT2D eigenvalue weighted by atomic mass is 10.2. The van der Waals surface area contributed by atoms with E-state index in [0.717, 1.165) is 48.3 Å². The zero-order valence-corrected chi connectivity index (χ0v) is 18.7. The van der Waals surface area contributed by atoms with Crippen LogP contribution in [0, 0.1) is 6.92 Å². The van der Waals surface area contributed by atoms with Crippen molar-refractivity contribution in [3.8, 4) is 0 Å². The number of nitrogens with one attached hydrogen (secondary N) is 1. The number of morpholine rings is 1. The highest BCUT2D eigenvalue weighted by Gasteiger charge is 2.18. The van der Waals surface area contributed by atoms with Crippen LogP contribution in [0.4, 0.5) is 11.8 Å². The van der Waals surface area contributed by atoms with Gasteiger partial charge in [-0.3, -0.25) is 10.4 Å². The molecule has 8 heteroatoms. The van der Waals surface area contributed by atoms with E-state index >= 15 is 0 Å².